The standard InChI is InChI=1S/C25H28N4O2/c1-18-12-14-29(15-13-18)24-11-10-23(27-28-24)20-6-8-21(9-7-20)26-25(30)17-19-4-3-5-22(16-19)31-2/h3-11,16,18H,12-15,17H2,1-2H3,(H,26,30). The first-order chi connectivity index (χ1) is 15.1. The number of hydrogen-bond donors (Lipinski definition) is 1. The van der Waals surface area contributed by atoms with Crippen molar-refractivity contribution in [1.29, 1.82) is 0 Å². The summed E-state index contributed by atoms with van der Waals surface area (Å²) in [4.78, 5) is 14.7. The lowest BCUT2D eigenvalue weighted by molar-refractivity contribution is -0.115. The number of aromatic nitrogens is 2. The molecule has 1 aromatic heterocycles. The number of ether oxygens (including phenoxy) is 1. The van der Waals surface area contributed by atoms with E-state index in [-0.39, 0.29) is 5.91 Å². The molecule has 2 heterocycles. The molecule has 1 saturated heterocycles. The smallest absolute Gasteiger partial charge is 0.228 e. The molecule has 1 aliphatic heterocycles. The Labute approximate surface area is 183 Å². The van der Waals surface area contributed by atoms with Crippen LogP contribution in [0.25, 0.3) is 11.3 Å². The molecule has 4 rings (SSSR count). The minimum absolute atomic E-state index is 0.0685. The molecule has 6 heteroatoms. The van der Waals surface area contributed by atoms with Crippen LogP contribution in [-0.4, -0.2) is 36.3 Å². The fraction of sp³-hybridized carbons (Fsp3) is 0.320. The molecule has 0 bridgehead atoms. The van der Waals surface area contributed by atoms with Crippen molar-refractivity contribution in [2.24, 2.45) is 5.92 Å². The van der Waals surface area contributed by atoms with Crippen LogP contribution in [-0.2, 0) is 11.2 Å². The molecule has 160 valence electrons. The second kappa shape index (κ2) is 9.60. The van der Waals surface area contributed by atoms with E-state index in [0.29, 0.717) is 6.42 Å². The number of benzene rings is 2. The van der Waals surface area contributed by atoms with E-state index in [2.05, 4.69) is 27.3 Å². The van der Waals surface area contributed by atoms with Gasteiger partial charge in [-0.2, -0.15) is 0 Å². The molecule has 0 unspecified atom stereocenters. The fourth-order valence-corrected chi connectivity index (χ4v) is 3.78. The Kier molecular flexibility index (Phi) is 6.46. The molecule has 1 N–H and O–H groups in total. The van der Waals surface area contributed by atoms with Gasteiger partial charge in [0.25, 0.3) is 0 Å². The number of rotatable bonds is 6. The molecule has 0 aliphatic carbocycles. The maximum absolute atomic E-state index is 12.4. The van der Waals surface area contributed by atoms with E-state index >= 15 is 0 Å². The molecular formula is C25H28N4O2. The molecule has 1 aliphatic rings. The number of carbonyl (C=O) groups excluding carboxylic acids is 1. The zero-order valence-corrected chi connectivity index (χ0v) is 18.0. The third-order valence-corrected chi connectivity index (χ3v) is 5.72. The van der Waals surface area contributed by atoms with Gasteiger partial charge in [0.2, 0.25) is 5.91 Å². The predicted octanol–water partition coefficient (Wildman–Crippen LogP) is 4.57. The molecule has 3 aromatic rings. The van der Waals surface area contributed by atoms with Crippen molar-refractivity contribution in [3.63, 3.8) is 0 Å². The second-order valence-corrected chi connectivity index (χ2v) is 8.10. The average Bonchev–Trinajstić information content (AvgIpc) is 2.80. The lowest BCUT2D eigenvalue weighted by Crippen LogP contribution is -2.33. The minimum atomic E-state index is -0.0685. The highest BCUT2D eigenvalue weighted by Crippen LogP contribution is 2.24. The Hall–Kier alpha value is -3.41. The number of anilines is 2. The number of nitrogens with one attached hydrogen (secondary N) is 1. The Morgan fingerprint density at radius 2 is 1.84 bits per heavy atom. The number of carbonyl (C=O) groups is 1. The summed E-state index contributed by atoms with van der Waals surface area (Å²) >= 11 is 0. The van der Waals surface area contributed by atoms with Crippen LogP contribution in [0, 0.1) is 5.92 Å². The maximum atomic E-state index is 12.4. The van der Waals surface area contributed by atoms with E-state index in [1.165, 1.54) is 12.8 Å². The van der Waals surface area contributed by atoms with E-state index in [0.717, 1.165) is 53.1 Å². The van der Waals surface area contributed by atoms with E-state index in [4.69, 9.17) is 4.74 Å². The van der Waals surface area contributed by atoms with Crippen molar-refractivity contribution in [3.05, 3.63) is 66.2 Å². The number of hydrogen-bond acceptors (Lipinski definition) is 5. The van der Waals surface area contributed by atoms with Gasteiger partial charge in [0.1, 0.15) is 5.75 Å². The average molecular weight is 417 g/mol. The van der Waals surface area contributed by atoms with Crippen molar-refractivity contribution in [2.45, 2.75) is 26.2 Å². The summed E-state index contributed by atoms with van der Waals surface area (Å²) in [6.45, 7) is 4.38. The van der Waals surface area contributed by atoms with Gasteiger partial charge in [-0.15, -0.1) is 10.2 Å². The molecule has 1 amide bonds. The van der Waals surface area contributed by atoms with E-state index in [1.807, 2.05) is 60.7 Å². The summed E-state index contributed by atoms with van der Waals surface area (Å²) in [6.07, 6.45) is 2.70. The highest BCUT2D eigenvalue weighted by atomic mass is 16.5. The van der Waals surface area contributed by atoms with Gasteiger partial charge in [-0.1, -0.05) is 31.2 Å². The van der Waals surface area contributed by atoms with Crippen molar-refractivity contribution in [3.8, 4) is 17.0 Å². The van der Waals surface area contributed by atoms with Crippen LogP contribution in [0.15, 0.2) is 60.7 Å². The number of nitrogens with zero attached hydrogens (tertiary/aromatic N) is 3. The summed E-state index contributed by atoms with van der Waals surface area (Å²) < 4.78 is 5.21. The topological polar surface area (TPSA) is 67.3 Å². The van der Waals surface area contributed by atoms with Crippen LogP contribution in [0.5, 0.6) is 5.75 Å². The lowest BCUT2D eigenvalue weighted by Gasteiger charge is -2.30. The predicted molar refractivity (Wildman–Crippen MR) is 123 cm³/mol. The van der Waals surface area contributed by atoms with Gasteiger partial charge in [0.05, 0.1) is 19.2 Å². The molecule has 0 radical (unpaired) electrons. The summed E-state index contributed by atoms with van der Waals surface area (Å²) in [6, 6.07) is 19.3. The zero-order chi connectivity index (χ0) is 21.6. The van der Waals surface area contributed by atoms with Gasteiger partial charge in [0.15, 0.2) is 5.82 Å². The van der Waals surface area contributed by atoms with Crippen LogP contribution in [0.2, 0.25) is 0 Å². The Bertz CT molecular complexity index is 1010. The number of methoxy groups -OCH3 is 1. The van der Waals surface area contributed by atoms with Crippen LogP contribution >= 0.6 is 0 Å². The Balaban J connectivity index is 1.36. The van der Waals surface area contributed by atoms with Crippen LogP contribution in [0.4, 0.5) is 11.5 Å². The van der Waals surface area contributed by atoms with Crippen LogP contribution in [0.1, 0.15) is 25.3 Å². The number of piperidine rings is 1. The molecule has 0 spiro atoms. The first kappa shape index (κ1) is 20.8. The van der Waals surface area contributed by atoms with Gasteiger partial charge in [-0.3, -0.25) is 4.79 Å². The van der Waals surface area contributed by atoms with Crippen molar-refractivity contribution in [2.75, 3.05) is 30.4 Å². The van der Waals surface area contributed by atoms with E-state index in [9.17, 15) is 4.79 Å². The van der Waals surface area contributed by atoms with Crippen molar-refractivity contribution < 1.29 is 9.53 Å². The summed E-state index contributed by atoms with van der Waals surface area (Å²) in [5, 5.41) is 11.8. The molecular weight excluding hydrogens is 388 g/mol. The third kappa shape index (κ3) is 5.40. The fourth-order valence-electron chi connectivity index (χ4n) is 3.78. The van der Waals surface area contributed by atoms with E-state index < -0.39 is 0 Å². The summed E-state index contributed by atoms with van der Waals surface area (Å²) in [5.41, 5.74) is 3.45. The Morgan fingerprint density at radius 3 is 2.52 bits per heavy atom. The van der Waals surface area contributed by atoms with Crippen LogP contribution < -0.4 is 15.0 Å². The zero-order valence-electron chi connectivity index (χ0n) is 18.0. The van der Waals surface area contributed by atoms with Gasteiger partial charge < -0.3 is 15.0 Å². The molecule has 31 heavy (non-hydrogen) atoms. The van der Waals surface area contributed by atoms with Gasteiger partial charge in [-0.05, 0) is 60.7 Å². The normalized spacial score (nSPS) is 14.3. The minimum Gasteiger partial charge on any atom is -0.497 e. The van der Waals surface area contributed by atoms with Gasteiger partial charge in [-0.25, -0.2) is 0 Å². The van der Waals surface area contributed by atoms with Gasteiger partial charge >= 0.3 is 0 Å². The molecule has 6 nitrogen and oxygen atoms in total. The first-order valence-electron chi connectivity index (χ1n) is 10.7. The van der Waals surface area contributed by atoms with E-state index in [1.54, 1.807) is 7.11 Å². The lowest BCUT2D eigenvalue weighted by atomic mass is 9.99. The summed E-state index contributed by atoms with van der Waals surface area (Å²) in [5.74, 6) is 2.41. The SMILES string of the molecule is COc1cccc(CC(=O)Nc2ccc(-c3ccc(N4CCC(C)CC4)nn3)cc2)c1. The maximum Gasteiger partial charge on any atom is 0.228 e. The molecule has 0 atom stereocenters. The second-order valence-electron chi connectivity index (χ2n) is 8.10. The van der Waals surface area contributed by atoms with Crippen LogP contribution in [0.3, 0.4) is 0 Å². The number of amides is 1. The monoisotopic (exact) mass is 416 g/mol. The quantitative estimate of drug-likeness (QED) is 0.638. The highest BCUT2D eigenvalue weighted by molar-refractivity contribution is 5.92. The van der Waals surface area contributed by atoms with Crippen molar-refractivity contribution in [1.82, 2.24) is 10.2 Å². The molecule has 1 fully saturated rings. The largest absolute Gasteiger partial charge is 0.497 e. The summed E-state index contributed by atoms with van der Waals surface area (Å²) in [7, 11) is 1.62. The first-order valence-corrected chi connectivity index (χ1v) is 10.7. The highest BCUT2D eigenvalue weighted by Gasteiger charge is 2.17. The Morgan fingerprint density at radius 1 is 1.06 bits per heavy atom. The molecule has 0 saturated carbocycles. The third-order valence-electron chi connectivity index (χ3n) is 5.72. The van der Waals surface area contributed by atoms with Gasteiger partial charge in [0, 0.05) is 24.3 Å². The molecule has 2 aromatic carbocycles. The van der Waals surface area contributed by atoms with Crippen molar-refractivity contribution >= 4 is 17.4 Å².